The summed E-state index contributed by atoms with van der Waals surface area (Å²) in [5.41, 5.74) is -1.27. The fourth-order valence-electron chi connectivity index (χ4n) is 4.50. The number of esters is 2. The lowest BCUT2D eigenvalue weighted by atomic mass is 9.69. The highest BCUT2D eigenvalue weighted by Crippen LogP contribution is 2.46. The van der Waals surface area contributed by atoms with E-state index in [1.54, 1.807) is 6.92 Å². The molecule has 172 valence electrons. The highest BCUT2D eigenvalue weighted by atomic mass is 16.7. The molecule has 11 nitrogen and oxygen atoms in total. The van der Waals surface area contributed by atoms with Crippen molar-refractivity contribution in [3.05, 3.63) is 11.3 Å². The Labute approximate surface area is 177 Å². The van der Waals surface area contributed by atoms with E-state index in [-0.39, 0.29) is 55.9 Å². The van der Waals surface area contributed by atoms with Gasteiger partial charge in [0.15, 0.2) is 5.78 Å². The molecule has 0 amide bonds. The van der Waals surface area contributed by atoms with Gasteiger partial charge in [0.05, 0.1) is 25.4 Å². The maximum atomic E-state index is 13.1. The summed E-state index contributed by atoms with van der Waals surface area (Å²) >= 11 is 0. The van der Waals surface area contributed by atoms with Gasteiger partial charge in [-0.3, -0.25) is 9.59 Å². The van der Waals surface area contributed by atoms with Crippen LogP contribution in [-0.4, -0.2) is 89.7 Å². The highest BCUT2D eigenvalue weighted by molar-refractivity contribution is 6.06. The van der Waals surface area contributed by atoms with Crippen molar-refractivity contribution in [2.75, 3.05) is 19.8 Å². The Bertz CT molecular complexity index is 807. The average molecular weight is 442 g/mol. The van der Waals surface area contributed by atoms with Crippen LogP contribution in [0.25, 0.3) is 0 Å². The van der Waals surface area contributed by atoms with Crippen LogP contribution in [0.2, 0.25) is 0 Å². The number of Topliss-reactive ketones (excluding diaryl/α,β-unsaturated/α-hetero) is 1. The molecule has 0 aromatic carbocycles. The van der Waals surface area contributed by atoms with Crippen LogP contribution in [0.4, 0.5) is 0 Å². The molecule has 0 saturated carbocycles. The summed E-state index contributed by atoms with van der Waals surface area (Å²) in [7, 11) is 0. The normalized spacial score (nSPS) is 43.4. The molecule has 3 N–H and O–H groups in total. The quantitative estimate of drug-likeness (QED) is 0.346. The number of hydrogen-bond acceptors (Lipinski definition) is 11. The van der Waals surface area contributed by atoms with Crippen molar-refractivity contribution in [3.8, 4) is 0 Å². The number of aliphatic hydroxyl groups is 3. The lowest BCUT2D eigenvalue weighted by molar-refractivity contribution is -0.282. The zero-order valence-electron chi connectivity index (χ0n) is 17.2. The van der Waals surface area contributed by atoms with E-state index in [0.29, 0.717) is 0 Å². The summed E-state index contributed by atoms with van der Waals surface area (Å²) < 4.78 is 26.8. The van der Waals surface area contributed by atoms with Crippen molar-refractivity contribution < 1.29 is 53.4 Å². The zero-order chi connectivity index (χ0) is 22.5. The zero-order valence-corrected chi connectivity index (χ0v) is 17.2. The fourth-order valence-corrected chi connectivity index (χ4v) is 4.50. The molecule has 4 heterocycles. The highest BCUT2D eigenvalue weighted by Gasteiger charge is 2.60. The van der Waals surface area contributed by atoms with E-state index in [0.717, 1.165) is 0 Å². The van der Waals surface area contributed by atoms with E-state index in [4.69, 9.17) is 23.7 Å². The first-order valence-electron chi connectivity index (χ1n) is 10.2. The molecule has 11 heteroatoms. The van der Waals surface area contributed by atoms with Gasteiger partial charge in [-0.1, -0.05) is 0 Å². The molecule has 4 aliphatic heterocycles. The molecule has 3 fully saturated rings. The second-order valence-corrected chi connectivity index (χ2v) is 8.52. The van der Waals surface area contributed by atoms with Crippen molar-refractivity contribution in [1.29, 1.82) is 0 Å². The number of carbonyl (C=O) groups excluding carboxylic acids is 3. The Morgan fingerprint density at radius 3 is 2.52 bits per heavy atom. The molecule has 4 rings (SSSR count). The van der Waals surface area contributed by atoms with Gasteiger partial charge in [-0.2, -0.15) is 0 Å². The van der Waals surface area contributed by atoms with Gasteiger partial charge in [0.1, 0.15) is 30.3 Å². The van der Waals surface area contributed by atoms with Crippen molar-refractivity contribution in [2.24, 2.45) is 11.3 Å². The molecule has 0 aromatic heterocycles. The van der Waals surface area contributed by atoms with E-state index < -0.39 is 54.0 Å². The predicted molar refractivity (Wildman–Crippen MR) is 98.0 cm³/mol. The van der Waals surface area contributed by atoms with Crippen molar-refractivity contribution >= 4 is 17.7 Å². The predicted octanol–water partition coefficient (Wildman–Crippen LogP) is -1.43. The maximum Gasteiger partial charge on any atom is 0.374 e. The molecule has 0 spiro atoms. The minimum Gasteiger partial charge on any atom is -0.464 e. The Balaban J connectivity index is 1.63. The largest absolute Gasteiger partial charge is 0.464 e. The van der Waals surface area contributed by atoms with Crippen LogP contribution in [0, 0.1) is 11.3 Å². The smallest absolute Gasteiger partial charge is 0.374 e. The van der Waals surface area contributed by atoms with E-state index in [1.165, 1.54) is 6.92 Å². The molecule has 8 atom stereocenters. The standard InChI is InChI=1S/C20H26O11/c1-8-3-12(21)20(11(6-27-8)7-29-19(20)26)4-10-5-28-17(25)16(10)31-18-15(24)14(23)13(22)9(2)30-18/h8-9,11,13-15,18,22-24H,3-7H2,1-2H3/t8-,9-,11-,13-,14+,15+,18-,20+/m0/s1. The van der Waals surface area contributed by atoms with Gasteiger partial charge >= 0.3 is 11.9 Å². The topological polar surface area (TPSA) is 158 Å². The summed E-state index contributed by atoms with van der Waals surface area (Å²) in [6, 6.07) is 0. The summed E-state index contributed by atoms with van der Waals surface area (Å²) in [5.74, 6) is -2.66. The number of ketones is 1. The molecular formula is C20H26O11. The van der Waals surface area contributed by atoms with Gasteiger partial charge in [0.25, 0.3) is 0 Å². The molecule has 0 bridgehead atoms. The lowest BCUT2D eigenvalue weighted by Gasteiger charge is -2.38. The number of hydrogen-bond donors (Lipinski definition) is 3. The number of ether oxygens (including phenoxy) is 5. The summed E-state index contributed by atoms with van der Waals surface area (Å²) in [5, 5.41) is 30.0. The van der Waals surface area contributed by atoms with Crippen molar-refractivity contribution in [2.45, 2.75) is 63.5 Å². The molecule has 0 aromatic rings. The van der Waals surface area contributed by atoms with Crippen LogP contribution in [0.1, 0.15) is 26.7 Å². The molecule has 0 radical (unpaired) electrons. The van der Waals surface area contributed by atoms with E-state index >= 15 is 0 Å². The van der Waals surface area contributed by atoms with Crippen LogP contribution >= 0.6 is 0 Å². The minimum absolute atomic E-state index is 0.0237. The Kier molecular flexibility index (Phi) is 5.81. The fraction of sp³-hybridized carbons (Fsp3) is 0.750. The third-order valence-corrected chi connectivity index (χ3v) is 6.45. The average Bonchev–Trinajstić information content (AvgIpc) is 3.19. The van der Waals surface area contributed by atoms with E-state index in [9.17, 15) is 29.7 Å². The molecule has 4 aliphatic rings. The van der Waals surface area contributed by atoms with Crippen molar-refractivity contribution in [3.63, 3.8) is 0 Å². The maximum absolute atomic E-state index is 13.1. The SMILES string of the molecule is C[C@@H]1O[C@@H](OC2=C(C[C@]34C(=O)C[C@H](C)OC[C@H]3COC4=O)COC2=O)[C@H](O)[C@H](O)[C@H]1O. The number of cyclic esters (lactones) is 2. The van der Waals surface area contributed by atoms with E-state index in [2.05, 4.69) is 0 Å². The number of carbonyl (C=O) groups is 3. The molecule has 0 aliphatic carbocycles. The monoisotopic (exact) mass is 442 g/mol. The van der Waals surface area contributed by atoms with Crippen LogP contribution in [0.5, 0.6) is 0 Å². The second-order valence-electron chi connectivity index (χ2n) is 8.52. The number of fused-ring (bicyclic) bond motifs is 1. The first-order valence-corrected chi connectivity index (χ1v) is 10.2. The minimum atomic E-state index is -1.63. The molecule has 3 saturated heterocycles. The van der Waals surface area contributed by atoms with E-state index in [1.807, 2.05) is 0 Å². The first kappa shape index (κ1) is 22.2. The van der Waals surface area contributed by atoms with Crippen molar-refractivity contribution in [1.82, 2.24) is 0 Å². The molecular weight excluding hydrogens is 416 g/mol. The van der Waals surface area contributed by atoms with Crippen LogP contribution < -0.4 is 0 Å². The summed E-state index contributed by atoms with van der Waals surface area (Å²) in [4.78, 5) is 38.1. The third kappa shape index (κ3) is 3.64. The first-order chi connectivity index (χ1) is 14.6. The van der Waals surface area contributed by atoms with Gasteiger partial charge in [0, 0.05) is 17.9 Å². The van der Waals surface area contributed by atoms with Gasteiger partial charge in [0.2, 0.25) is 12.0 Å². The second kappa shape index (κ2) is 8.14. The van der Waals surface area contributed by atoms with Crippen LogP contribution in [-0.2, 0) is 38.1 Å². The Morgan fingerprint density at radius 2 is 1.77 bits per heavy atom. The van der Waals surface area contributed by atoms with Crippen LogP contribution in [0.3, 0.4) is 0 Å². The molecule has 31 heavy (non-hydrogen) atoms. The number of aliphatic hydroxyl groups excluding tert-OH is 3. The van der Waals surface area contributed by atoms with Gasteiger partial charge in [-0.05, 0) is 20.3 Å². The van der Waals surface area contributed by atoms with Crippen LogP contribution in [0.15, 0.2) is 11.3 Å². The summed E-state index contributed by atoms with van der Waals surface area (Å²) in [6.07, 6.45) is -7.34. The Morgan fingerprint density at radius 1 is 1.03 bits per heavy atom. The third-order valence-electron chi connectivity index (χ3n) is 6.45. The van der Waals surface area contributed by atoms with Gasteiger partial charge in [-0.25, -0.2) is 4.79 Å². The Hall–Kier alpha value is -2.05. The van der Waals surface area contributed by atoms with Gasteiger partial charge < -0.3 is 39.0 Å². The number of rotatable bonds is 4. The molecule has 0 unspecified atom stereocenters. The van der Waals surface area contributed by atoms with Gasteiger partial charge in [-0.15, -0.1) is 0 Å². The summed E-state index contributed by atoms with van der Waals surface area (Å²) in [6.45, 7) is 3.20. The lowest BCUT2D eigenvalue weighted by Crippen LogP contribution is -2.57.